The van der Waals surface area contributed by atoms with Crippen molar-refractivity contribution in [1.82, 2.24) is 15.3 Å². The Morgan fingerprint density at radius 2 is 2.21 bits per heavy atom. The van der Waals surface area contributed by atoms with E-state index in [4.69, 9.17) is 4.74 Å². The lowest BCUT2D eigenvalue weighted by Crippen LogP contribution is -2.35. The predicted octanol–water partition coefficient (Wildman–Crippen LogP) is 1.84. The average Bonchev–Trinajstić information content (AvgIpc) is 3.01. The second-order valence-corrected chi connectivity index (χ2v) is 4.70. The Bertz CT molecular complexity index is 588. The minimum Gasteiger partial charge on any atom is -0.496 e. The summed E-state index contributed by atoms with van der Waals surface area (Å²) in [5.41, 5.74) is 1.21. The number of aromatic nitrogens is 2. The normalized spacial score (nSPS) is 15.8. The molecule has 98 valence electrons. The zero-order valence-corrected chi connectivity index (χ0v) is 10.6. The summed E-state index contributed by atoms with van der Waals surface area (Å²) in [4.78, 5) is 18.8. The molecule has 5 heteroatoms. The zero-order valence-electron chi connectivity index (χ0n) is 10.6. The lowest BCUT2D eigenvalue weighted by Gasteiger charge is -2.20. The number of methoxy groups -OCH3 is 1. The van der Waals surface area contributed by atoms with E-state index < -0.39 is 0 Å². The standard InChI is InChI=1S/C14H15N3O2/c1-19-12-5-3-2-4-10(12)14(6-7-14)17-13(18)11-8-15-9-16-11/h2-5,8-9H,6-7H2,1H3,(H,15,16)(H,17,18). The van der Waals surface area contributed by atoms with Crippen molar-refractivity contribution in [2.24, 2.45) is 0 Å². The van der Waals surface area contributed by atoms with Gasteiger partial charge in [0.05, 0.1) is 25.2 Å². The molecular weight excluding hydrogens is 242 g/mol. The first-order valence-electron chi connectivity index (χ1n) is 6.19. The van der Waals surface area contributed by atoms with Crippen molar-refractivity contribution >= 4 is 5.91 Å². The molecule has 0 atom stereocenters. The number of H-pyrrole nitrogens is 1. The van der Waals surface area contributed by atoms with E-state index >= 15 is 0 Å². The molecule has 0 unspecified atom stereocenters. The summed E-state index contributed by atoms with van der Waals surface area (Å²) in [5.74, 6) is 0.672. The number of imidazole rings is 1. The van der Waals surface area contributed by atoms with Gasteiger partial charge in [-0.05, 0) is 18.9 Å². The van der Waals surface area contributed by atoms with Crippen molar-refractivity contribution in [2.75, 3.05) is 7.11 Å². The number of nitrogens with zero attached hydrogens (tertiary/aromatic N) is 1. The van der Waals surface area contributed by atoms with E-state index in [1.807, 2.05) is 24.3 Å². The number of rotatable bonds is 4. The average molecular weight is 257 g/mol. The fraction of sp³-hybridized carbons (Fsp3) is 0.286. The smallest absolute Gasteiger partial charge is 0.270 e. The number of nitrogens with one attached hydrogen (secondary N) is 2. The molecule has 0 radical (unpaired) electrons. The molecule has 1 heterocycles. The van der Waals surface area contributed by atoms with Crippen molar-refractivity contribution < 1.29 is 9.53 Å². The third-order valence-electron chi connectivity index (χ3n) is 3.47. The number of carbonyl (C=O) groups is 1. The van der Waals surface area contributed by atoms with Crippen LogP contribution in [0.4, 0.5) is 0 Å². The summed E-state index contributed by atoms with van der Waals surface area (Å²) in [6.07, 6.45) is 4.87. The summed E-state index contributed by atoms with van der Waals surface area (Å²) >= 11 is 0. The number of aromatic amines is 1. The Morgan fingerprint density at radius 3 is 2.84 bits per heavy atom. The van der Waals surface area contributed by atoms with Crippen LogP contribution in [0.3, 0.4) is 0 Å². The lowest BCUT2D eigenvalue weighted by molar-refractivity contribution is 0.0925. The highest BCUT2D eigenvalue weighted by Gasteiger charge is 2.47. The highest BCUT2D eigenvalue weighted by atomic mass is 16.5. The number of hydrogen-bond donors (Lipinski definition) is 2. The Morgan fingerprint density at radius 1 is 1.42 bits per heavy atom. The van der Waals surface area contributed by atoms with Crippen LogP contribution in [0, 0.1) is 0 Å². The summed E-state index contributed by atoms with van der Waals surface area (Å²) in [6, 6.07) is 7.80. The lowest BCUT2D eigenvalue weighted by atomic mass is 10.0. The fourth-order valence-corrected chi connectivity index (χ4v) is 2.29. The molecule has 3 rings (SSSR count). The Hall–Kier alpha value is -2.30. The molecular formula is C14H15N3O2. The van der Waals surface area contributed by atoms with Gasteiger partial charge in [0.15, 0.2) is 0 Å². The van der Waals surface area contributed by atoms with Gasteiger partial charge in [0.1, 0.15) is 11.4 Å². The fourth-order valence-electron chi connectivity index (χ4n) is 2.29. The van der Waals surface area contributed by atoms with Gasteiger partial charge in [0.25, 0.3) is 5.91 Å². The van der Waals surface area contributed by atoms with Gasteiger partial charge in [0.2, 0.25) is 0 Å². The molecule has 1 aromatic heterocycles. The van der Waals surface area contributed by atoms with Crippen molar-refractivity contribution in [3.05, 3.63) is 48.0 Å². The first-order valence-corrected chi connectivity index (χ1v) is 6.19. The SMILES string of the molecule is COc1ccccc1C1(NC(=O)c2cnc[nH]2)CC1. The topological polar surface area (TPSA) is 67.0 Å². The molecule has 2 N–H and O–H groups in total. The summed E-state index contributed by atoms with van der Waals surface area (Å²) < 4.78 is 5.37. The second-order valence-electron chi connectivity index (χ2n) is 4.70. The minimum atomic E-state index is -0.297. The second kappa shape index (κ2) is 4.42. The monoisotopic (exact) mass is 257 g/mol. The summed E-state index contributed by atoms with van der Waals surface area (Å²) in [7, 11) is 1.64. The van der Waals surface area contributed by atoms with Crippen LogP contribution in [0.25, 0.3) is 0 Å². The number of hydrogen-bond acceptors (Lipinski definition) is 3. The van der Waals surface area contributed by atoms with Crippen LogP contribution in [0.15, 0.2) is 36.8 Å². The Labute approximate surface area is 111 Å². The third kappa shape index (κ3) is 2.07. The Balaban J connectivity index is 1.86. The molecule has 0 saturated heterocycles. The Kier molecular flexibility index (Phi) is 2.74. The van der Waals surface area contributed by atoms with Crippen LogP contribution in [-0.4, -0.2) is 23.0 Å². The van der Waals surface area contributed by atoms with Gasteiger partial charge in [0, 0.05) is 5.56 Å². The van der Waals surface area contributed by atoms with Crippen molar-refractivity contribution in [3.63, 3.8) is 0 Å². The first kappa shape index (κ1) is 11.8. The van der Waals surface area contributed by atoms with Crippen LogP contribution < -0.4 is 10.1 Å². The predicted molar refractivity (Wildman–Crippen MR) is 70.0 cm³/mol. The van der Waals surface area contributed by atoms with Gasteiger partial charge >= 0.3 is 0 Å². The van der Waals surface area contributed by atoms with Gasteiger partial charge in [-0.15, -0.1) is 0 Å². The molecule has 1 fully saturated rings. The third-order valence-corrected chi connectivity index (χ3v) is 3.47. The number of carbonyl (C=O) groups excluding carboxylic acids is 1. The quantitative estimate of drug-likeness (QED) is 0.878. The van der Waals surface area contributed by atoms with Gasteiger partial charge in [-0.25, -0.2) is 4.98 Å². The highest BCUT2D eigenvalue weighted by Crippen LogP contribution is 2.48. The van der Waals surface area contributed by atoms with E-state index in [1.54, 1.807) is 7.11 Å². The van der Waals surface area contributed by atoms with Gasteiger partial charge in [-0.1, -0.05) is 18.2 Å². The van der Waals surface area contributed by atoms with E-state index in [2.05, 4.69) is 15.3 Å². The molecule has 0 bridgehead atoms. The number of amides is 1. The van der Waals surface area contributed by atoms with E-state index in [-0.39, 0.29) is 11.4 Å². The number of ether oxygens (including phenoxy) is 1. The van der Waals surface area contributed by atoms with Gasteiger partial charge in [-0.3, -0.25) is 4.79 Å². The molecule has 1 saturated carbocycles. The largest absolute Gasteiger partial charge is 0.496 e. The van der Waals surface area contributed by atoms with Gasteiger partial charge in [-0.2, -0.15) is 0 Å². The molecule has 2 aromatic rings. The van der Waals surface area contributed by atoms with Crippen LogP contribution in [0.1, 0.15) is 28.9 Å². The maximum atomic E-state index is 12.1. The molecule has 5 nitrogen and oxygen atoms in total. The van der Waals surface area contributed by atoms with Crippen molar-refractivity contribution in [2.45, 2.75) is 18.4 Å². The minimum absolute atomic E-state index is 0.138. The molecule has 19 heavy (non-hydrogen) atoms. The van der Waals surface area contributed by atoms with Crippen molar-refractivity contribution in [1.29, 1.82) is 0 Å². The van der Waals surface area contributed by atoms with Gasteiger partial charge < -0.3 is 15.0 Å². The van der Waals surface area contributed by atoms with E-state index in [1.165, 1.54) is 12.5 Å². The molecule has 0 spiro atoms. The molecule has 1 aromatic carbocycles. The van der Waals surface area contributed by atoms with Crippen LogP contribution in [0.5, 0.6) is 5.75 Å². The molecule has 0 aliphatic heterocycles. The molecule has 1 aliphatic rings. The zero-order chi connectivity index (χ0) is 13.3. The van der Waals surface area contributed by atoms with Crippen molar-refractivity contribution in [3.8, 4) is 5.75 Å². The summed E-state index contributed by atoms with van der Waals surface area (Å²) in [6.45, 7) is 0. The summed E-state index contributed by atoms with van der Waals surface area (Å²) in [5, 5.41) is 3.07. The number of benzene rings is 1. The molecule has 1 amide bonds. The maximum Gasteiger partial charge on any atom is 0.270 e. The van der Waals surface area contributed by atoms with E-state index in [9.17, 15) is 4.79 Å². The van der Waals surface area contributed by atoms with Crippen LogP contribution in [0.2, 0.25) is 0 Å². The van der Waals surface area contributed by atoms with Crippen LogP contribution >= 0.6 is 0 Å². The first-order chi connectivity index (χ1) is 9.25. The maximum absolute atomic E-state index is 12.1. The van der Waals surface area contributed by atoms with E-state index in [0.717, 1.165) is 24.2 Å². The highest BCUT2D eigenvalue weighted by molar-refractivity contribution is 5.93. The number of para-hydroxylation sites is 1. The van der Waals surface area contributed by atoms with Crippen LogP contribution in [-0.2, 0) is 5.54 Å². The van der Waals surface area contributed by atoms with E-state index in [0.29, 0.717) is 5.69 Å². The molecule has 1 aliphatic carbocycles.